The van der Waals surface area contributed by atoms with Crippen LogP contribution in [0.15, 0.2) is 65.7 Å². The van der Waals surface area contributed by atoms with E-state index in [4.69, 9.17) is 0 Å². The van der Waals surface area contributed by atoms with Gasteiger partial charge in [0.15, 0.2) is 0 Å². The summed E-state index contributed by atoms with van der Waals surface area (Å²) in [6, 6.07) is 14.7. The average molecular weight is 457 g/mol. The molecule has 0 atom stereocenters. The molecule has 1 aliphatic rings. The Bertz CT molecular complexity index is 1190. The minimum atomic E-state index is -3.77. The second-order valence-corrected chi connectivity index (χ2v) is 9.52. The van der Waals surface area contributed by atoms with Gasteiger partial charge in [0.05, 0.1) is 10.4 Å². The highest BCUT2D eigenvalue weighted by Gasteiger charge is 2.22. The number of nitrogens with one attached hydrogen (secondary N) is 1. The molecule has 1 saturated heterocycles. The van der Waals surface area contributed by atoms with Crippen molar-refractivity contribution in [2.45, 2.75) is 17.9 Å². The molecular formula is C23H25FN4O3S. The van der Waals surface area contributed by atoms with Crippen LogP contribution in [-0.4, -0.2) is 61.8 Å². The molecule has 32 heavy (non-hydrogen) atoms. The molecule has 1 N–H and O–H groups in total. The van der Waals surface area contributed by atoms with Crippen LogP contribution >= 0.6 is 0 Å². The van der Waals surface area contributed by atoms with Gasteiger partial charge in [0.2, 0.25) is 15.9 Å². The Morgan fingerprint density at radius 2 is 1.72 bits per heavy atom. The maximum absolute atomic E-state index is 13.0. The summed E-state index contributed by atoms with van der Waals surface area (Å²) >= 11 is 0. The molecule has 168 valence electrons. The number of rotatable bonds is 7. The molecule has 0 bridgehead atoms. The molecule has 1 aromatic heterocycles. The van der Waals surface area contributed by atoms with Gasteiger partial charge in [-0.3, -0.25) is 14.7 Å². The number of halogens is 1. The normalized spacial score (nSPS) is 15.2. The summed E-state index contributed by atoms with van der Waals surface area (Å²) in [6.07, 6.45) is 1.88. The van der Waals surface area contributed by atoms with E-state index in [9.17, 15) is 17.6 Å². The Kier molecular flexibility index (Phi) is 6.78. The maximum atomic E-state index is 13.0. The first-order valence-corrected chi connectivity index (χ1v) is 12.0. The van der Waals surface area contributed by atoms with Crippen molar-refractivity contribution in [1.82, 2.24) is 19.5 Å². The maximum Gasteiger partial charge on any atom is 0.240 e. The predicted octanol–water partition coefficient (Wildman–Crippen LogP) is 2.39. The number of carbonyl (C=O) groups excluding carboxylic acids is 1. The van der Waals surface area contributed by atoms with Gasteiger partial charge in [-0.2, -0.15) is 0 Å². The number of aromatic nitrogens is 1. The van der Waals surface area contributed by atoms with E-state index in [1.165, 1.54) is 12.1 Å². The molecule has 0 radical (unpaired) electrons. The number of fused-ring (bicyclic) bond motifs is 1. The molecule has 4 rings (SSSR count). The fourth-order valence-corrected chi connectivity index (χ4v) is 4.87. The zero-order valence-corrected chi connectivity index (χ0v) is 18.4. The number of piperazine rings is 1. The molecule has 0 saturated carbocycles. The molecule has 1 fully saturated rings. The standard InChI is InChI=1S/C23H25FN4O3S/c24-20-6-8-21(9-7-20)32(30,31)26-12-10-22(29)28-15-13-27(14-16-28)17-19-4-1-3-18-5-2-11-25-23(18)19/h1-9,11,26H,10,12-17H2. The van der Waals surface area contributed by atoms with Gasteiger partial charge in [0.25, 0.3) is 0 Å². The molecule has 3 aromatic rings. The van der Waals surface area contributed by atoms with E-state index < -0.39 is 15.8 Å². The van der Waals surface area contributed by atoms with Gasteiger partial charge in [-0.1, -0.05) is 24.3 Å². The Labute approximate surface area is 186 Å². The lowest BCUT2D eigenvalue weighted by Gasteiger charge is -2.35. The first kappa shape index (κ1) is 22.3. The minimum Gasteiger partial charge on any atom is -0.340 e. The largest absolute Gasteiger partial charge is 0.340 e. The lowest BCUT2D eigenvalue weighted by Crippen LogP contribution is -2.48. The summed E-state index contributed by atoms with van der Waals surface area (Å²) < 4.78 is 39.9. The van der Waals surface area contributed by atoms with Crippen molar-refractivity contribution >= 4 is 26.8 Å². The Balaban J connectivity index is 1.25. The SMILES string of the molecule is O=C(CCNS(=O)(=O)c1ccc(F)cc1)N1CCN(Cc2cccc3cccnc23)CC1. The fraction of sp³-hybridized carbons (Fsp3) is 0.304. The van der Waals surface area contributed by atoms with Crippen LogP contribution in [0.1, 0.15) is 12.0 Å². The molecular weight excluding hydrogens is 431 g/mol. The third-order valence-electron chi connectivity index (χ3n) is 5.59. The van der Waals surface area contributed by atoms with Gasteiger partial charge in [0.1, 0.15) is 5.82 Å². The van der Waals surface area contributed by atoms with Crippen LogP contribution in [0.3, 0.4) is 0 Å². The number of sulfonamides is 1. The van der Waals surface area contributed by atoms with Crippen LogP contribution in [0, 0.1) is 5.82 Å². The van der Waals surface area contributed by atoms with Crippen molar-refractivity contribution < 1.29 is 17.6 Å². The third-order valence-corrected chi connectivity index (χ3v) is 7.07. The van der Waals surface area contributed by atoms with Crippen molar-refractivity contribution in [2.24, 2.45) is 0 Å². The molecule has 0 spiro atoms. The summed E-state index contributed by atoms with van der Waals surface area (Å²) in [4.78, 5) is 21.1. The molecule has 1 aliphatic heterocycles. The van der Waals surface area contributed by atoms with Crippen molar-refractivity contribution in [3.63, 3.8) is 0 Å². The Morgan fingerprint density at radius 3 is 2.47 bits per heavy atom. The van der Waals surface area contributed by atoms with Crippen molar-refractivity contribution in [3.8, 4) is 0 Å². The van der Waals surface area contributed by atoms with Gasteiger partial charge in [-0.25, -0.2) is 17.5 Å². The second-order valence-electron chi connectivity index (χ2n) is 7.75. The van der Waals surface area contributed by atoms with Gasteiger partial charge >= 0.3 is 0 Å². The highest BCUT2D eigenvalue weighted by Crippen LogP contribution is 2.18. The number of pyridine rings is 1. The van der Waals surface area contributed by atoms with E-state index in [2.05, 4.69) is 20.7 Å². The van der Waals surface area contributed by atoms with Crippen LogP contribution in [0.5, 0.6) is 0 Å². The van der Waals surface area contributed by atoms with Gasteiger partial charge < -0.3 is 4.90 Å². The third kappa shape index (κ3) is 5.29. The minimum absolute atomic E-state index is 0.000428. The predicted molar refractivity (Wildman–Crippen MR) is 120 cm³/mol. The Hall–Kier alpha value is -2.88. The molecule has 2 heterocycles. The van der Waals surface area contributed by atoms with Crippen LogP contribution in [-0.2, 0) is 21.4 Å². The van der Waals surface area contributed by atoms with Crippen LogP contribution in [0.2, 0.25) is 0 Å². The van der Waals surface area contributed by atoms with Crippen LogP contribution in [0.25, 0.3) is 10.9 Å². The topological polar surface area (TPSA) is 82.6 Å². The van der Waals surface area contributed by atoms with E-state index in [0.717, 1.165) is 48.2 Å². The summed E-state index contributed by atoms with van der Waals surface area (Å²) in [5.74, 6) is -0.590. The second kappa shape index (κ2) is 9.72. The van der Waals surface area contributed by atoms with E-state index in [1.807, 2.05) is 24.3 Å². The van der Waals surface area contributed by atoms with E-state index in [0.29, 0.717) is 13.1 Å². The van der Waals surface area contributed by atoms with Gasteiger partial charge in [-0.15, -0.1) is 0 Å². The summed E-state index contributed by atoms with van der Waals surface area (Å²) in [5.41, 5.74) is 2.17. The van der Waals surface area contributed by atoms with E-state index in [-0.39, 0.29) is 23.8 Å². The van der Waals surface area contributed by atoms with Crippen molar-refractivity contribution in [1.29, 1.82) is 0 Å². The number of carbonyl (C=O) groups is 1. The van der Waals surface area contributed by atoms with Gasteiger partial charge in [-0.05, 0) is 35.9 Å². The number of amides is 1. The van der Waals surface area contributed by atoms with Crippen LogP contribution < -0.4 is 4.72 Å². The highest BCUT2D eigenvalue weighted by atomic mass is 32.2. The molecule has 7 nitrogen and oxygen atoms in total. The monoisotopic (exact) mass is 456 g/mol. The zero-order valence-electron chi connectivity index (χ0n) is 17.6. The average Bonchev–Trinajstić information content (AvgIpc) is 2.80. The number of hydrogen-bond donors (Lipinski definition) is 1. The Morgan fingerprint density at radius 1 is 1.00 bits per heavy atom. The van der Waals surface area contributed by atoms with Crippen molar-refractivity contribution in [2.75, 3.05) is 32.7 Å². The number of para-hydroxylation sites is 1. The number of nitrogens with zero attached hydrogens (tertiary/aromatic N) is 3. The number of hydrogen-bond acceptors (Lipinski definition) is 5. The molecule has 2 aromatic carbocycles. The zero-order chi connectivity index (χ0) is 22.6. The smallest absolute Gasteiger partial charge is 0.240 e. The van der Waals surface area contributed by atoms with Crippen molar-refractivity contribution in [3.05, 3.63) is 72.2 Å². The summed E-state index contributed by atoms with van der Waals surface area (Å²) in [7, 11) is -3.77. The summed E-state index contributed by atoms with van der Waals surface area (Å²) in [6.45, 7) is 3.46. The molecule has 1 amide bonds. The molecule has 0 aliphatic carbocycles. The van der Waals surface area contributed by atoms with E-state index >= 15 is 0 Å². The lowest BCUT2D eigenvalue weighted by atomic mass is 10.1. The molecule has 0 unspecified atom stereocenters. The number of benzene rings is 2. The molecule has 9 heteroatoms. The van der Waals surface area contributed by atoms with Crippen LogP contribution in [0.4, 0.5) is 4.39 Å². The van der Waals surface area contributed by atoms with E-state index in [1.54, 1.807) is 11.1 Å². The highest BCUT2D eigenvalue weighted by molar-refractivity contribution is 7.89. The summed E-state index contributed by atoms with van der Waals surface area (Å²) in [5, 5.41) is 1.11. The van der Waals surface area contributed by atoms with Gasteiger partial charge in [0, 0.05) is 57.3 Å². The fourth-order valence-electron chi connectivity index (χ4n) is 3.84. The lowest BCUT2D eigenvalue weighted by molar-refractivity contribution is -0.132. The first-order valence-electron chi connectivity index (χ1n) is 10.5. The first-order chi connectivity index (χ1) is 15.4. The quantitative estimate of drug-likeness (QED) is 0.590.